The van der Waals surface area contributed by atoms with E-state index in [4.69, 9.17) is 18.9 Å². The van der Waals surface area contributed by atoms with E-state index < -0.39 is 23.9 Å². The molecule has 0 unspecified atom stereocenters. The average molecular weight is 649 g/mol. The first-order valence-electron chi connectivity index (χ1n) is 16.6. The van der Waals surface area contributed by atoms with Gasteiger partial charge in [-0.25, -0.2) is 19.2 Å². The SMILES string of the molecule is O=C(OC1CCCCC1)c1ccccc1C(=O)OC1CCCCC1.O=C(Oc1ccccc1)c1ccccc1C(=O)Oc1ccccc1. The third kappa shape index (κ3) is 9.88. The first-order valence-corrected chi connectivity index (χ1v) is 16.6. The second-order valence-electron chi connectivity index (χ2n) is 11.8. The van der Waals surface area contributed by atoms with Crippen LogP contribution in [-0.4, -0.2) is 36.1 Å². The Hall–Kier alpha value is -5.24. The Morgan fingerprint density at radius 3 is 1.00 bits per heavy atom. The first kappa shape index (κ1) is 34.1. The normalized spacial score (nSPS) is 14.8. The van der Waals surface area contributed by atoms with Gasteiger partial charge in [-0.2, -0.15) is 0 Å². The molecule has 2 aliphatic rings. The molecule has 2 aliphatic carbocycles. The molecule has 8 heteroatoms. The van der Waals surface area contributed by atoms with E-state index in [1.165, 1.54) is 25.0 Å². The summed E-state index contributed by atoms with van der Waals surface area (Å²) in [4.78, 5) is 49.7. The van der Waals surface area contributed by atoms with Crippen LogP contribution in [0.3, 0.4) is 0 Å². The van der Waals surface area contributed by atoms with Gasteiger partial charge in [0.2, 0.25) is 0 Å². The zero-order valence-corrected chi connectivity index (χ0v) is 26.9. The molecule has 2 saturated carbocycles. The third-order valence-corrected chi connectivity index (χ3v) is 8.29. The van der Waals surface area contributed by atoms with Crippen LogP contribution in [0.15, 0.2) is 109 Å². The molecule has 8 nitrogen and oxygen atoms in total. The maximum absolute atomic E-state index is 12.5. The Morgan fingerprint density at radius 2 is 0.667 bits per heavy atom. The Bertz CT molecular complexity index is 1530. The lowest BCUT2D eigenvalue weighted by molar-refractivity contribution is 0.0164. The zero-order chi connectivity index (χ0) is 33.6. The smallest absolute Gasteiger partial charge is 0.344 e. The molecule has 0 bridgehead atoms. The van der Waals surface area contributed by atoms with Crippen molar-refractivity contribution in [3.8, 4) is 11.5 Å². The molecule has 0 aliphatic heterocycles. The van der Waals surface area contributed by atoms with Crippen LogP contribution in [0.2, 0.25) is 0 Å². The Morgan fingerprint density at radius 1 is 0.375 bits per heavy atom. The molecule has 6 rings (SSSR count). The number of para-hydroxylation sites is 2. The fourth-order valence-corrected chi connectivity index (χ4v) is 5.78. The van der Waals surface area contributed by atoms with Gasteiger partial charge in [-0.3, -0.25) is 0 Å². The van der Waals surface area contributed by atoms with E-state index in [0.717, 1.165) is 51.4 Å². The predicted octanol–water partition coefficient (Wildman–Crippen LogP) is 8.79. The van der Waals surface area contributed by atoms with Gasteiger partial charge in [0.1, 0.15) is 23.7 Å². The number of ether oxygens (including phenoxy) is 4. The molecular formula is C40H40O8. The summed E-state index contributed by atoms with van der Waals surface area (Å²) < 4.78 is 21.8. The fraction of sp³-hybridized carbons (Fsp3) is 0.300. The van der Waals surface area contributed by atoms with E-state index in [9.17, 15) is 19.2 Å². The van der Waals surface area contributed by atoms with Crippen LogP contribution in [0.5, 0.6) is 11.5 Å². The number of hydrogen-bond donors (Lipinski definition) is 0. The summed E-state index contributed by atoms with van der Waals surface area (Å²) in [5.41, 5.74) is 0.956. The van der Waals surface area contributed by atoms with Gasteiger partial charge in [-0.15, -0.1) is 0 Å². The van der Waals surface area contributed by atoms with Crippen LogP contribution < -0.4 is 9.47 Å². The molecule has 0 spiro atoms. The van der Waals surface area contributed by atoms with Gasteiger partial charge < -0.3 is 18.9 Å². The second-order valence-corrected chi connectivity index (χ2v) is 11.8. The van der Waals surface area contributed by atoms with Crippen LogP contribution in [-0.2, 0) is 9.47 Å². The molecule has 0 saturated heterocycles. The van der Waals surface area contributed by atoms with E-state index >= 15 is 0 Å². The van der Waals surface area contributed by atoms with Gasteiger partial charge in [0, 0.05) is 0 Å². The lowest BCUT2D eigenvalue weighted by Gasteiger charge is -2.23. The van der Waals surface area contributed by atoms with Crippen LogP contribution in [0, 0.1) is 0 Å². The minimum Gasteiger partial charge on any atom is -0.459 e. The molecule has 0 atom stereocenters. The van der Waals surface area contributed by atoms with E-state index in [-0.39, 0.29) is 23.3 Å². The van der Waals surface area contributed by atoms with E-state index in [0.29, 0.717) is 22.6 Å². The molecule has 0 amide bonds. The highest BCUT2D eigenvalue weighted by molar-refractivity contribution is 6.04. The fourth-order valence-electron chi connectivity index (χ4n) is 5.78. The Labute approximate surface area is 281 Å². The molecule has 248 valence electrons. The third-order valence-electron chi connectivity index (χ3n) is 8.29. The van der Waals surface area contributed by atoms with Gasteiger partial charge >= 0.3 is 23.9 Å². The van der Waals surface area contributed by atoms with Gasteiger partial charge in [0.05, 0.1) is 22.3 Å². The van der Waals surface area contributed by atoms with E-state index in [1.807, 2.05) is 12.1 Å². The lowest BCUT2D eigenvalue weighted by Crippen LogP contribution is -2.24. The molecule has 0 heterocycles. The molecule has 0 aromatic heterocycles. The maximum atomic E-state index is 12.5. The molecule has 4 aromatic rings. The summed E-state index contributed by atoms with van der Waals surface area (Å²) in [6.07, 6.45) is 10.4. The highest BCUT2D eigenvalue weighted by atomic mass is 16.6. The first-order chi connectivity index (χ1) is 23.5. The number of hydrogen-bond acceptors (Lipinski definition) is 8. The number of esters is 4. The molecule has 2 fully saturated rings. The molecule has 0 radical (unpaired) electrons. The van der Waals surface area contributed by atoms with Crippen molar-refractivity contribution in [2.45, 2.75) is 76.4 Å². The predicted molar refractivity (Wildman–Crippen MR) is 180 cm³/mol. The van der Waals surface area contributed by atoms with Crippen LogP contribution in [0.25, 0.3) is 0 Å². The maximum Gasteiger partial charge on any atom is 0.344 e. The largest absolute Gasteiger partial charge is 0.459 e. The quantitative estimate of drug-likeness (QED) is 0.138. The minimum atomic E-state index is -0.609. The van der Waals surface area contributed by atoms with Crippen molar-refractivity contribution in [1.29, 1.82) is 0 Å². The molecular weight excluding hydrogens is 608 g/mol. The highest BCUT2D eigenvalue weighted by Crippen LogP contribution is 2.25. The number of carbonyl (C=O) groups is 4. The minimum absolute atomic E-state index is 0.0197. The number of benzene rings is 4. The Kier molecular flexibility index (Phi) is 12.5. The van der Waals surface area contributed by atoms with Crippen molar-refractivity contribution in [3.63, 3.8) is 0 Å². The van der Waals surface area contributed by atoms with Gasteiger partial charge in [-0.05, 0) is 99.9 Å². The van der Waals surface area contributed by atoms with Crippen molar-refractivity contribution in [2.24, 2.45) is 0 Å². The van der Waals surface area contributed by atoms with E-state index in [1.54, 1.807) is 84.9 Å². The van der Waals surface area contributed by atoms with Crippen molar-refractivity contribution < 1.29 is 38.1 Å². The topological polar surface area (TPSA) is 105 Å². The molecule has 4 aromatic carbocycles. The van der Waals surface area contributed by atoms with Gasteiger partial charge in [0.25, 0.3) is 0 Å². The molecule has 48 heavy (non-hydrogen) atoms. The van der Waals surface area contributed by atoms with Crippen LogP contribution in [0.1, 0.15) is 106 Å². The summed E-state index contributed by atoms with van der Waals surface area (Å²) in [6, 6.07) is 30.6. The number of carbonyl (C=O) groups excluding carboxylic acids is 4. The van der Waals surface area contributed by atoms with Crippen molar-refractivity contribution in [2.75, 3.05) is 0 Å². The van der Waals surface area contributed by atoms with Gasteiger partial charge in [-0.1, -0.05) is 73.5 Å². The lowest BCUT2D eigenvalue weighted by atomic mass is 9.97. The average Bonchev–Trinajstić information content (AvgIpc) is 3.13. The Balaban J connectivity index is 0.000000188. The standard InChI is InChI=1S/C20H26O4.C20H14O4/c2*21-19(23-15-9-3-1-4-10-15)17-13-7-8-14-18(17)20(22)24-16-11-5-2-6-12-16/h7-8,13-16H,1-6,9-12H2;1-14H. The second kappa shape index (κ2) is 17.6. The number of rotatable bonds is 8. The summed E-state index contributed by atoms with van der Waals surface area (Å²) in [7, 11) is 0. The zero-order valence-electron chi connectivity index (χ0n) is 26.9. The molecule has 0 N–H and O–H groups in total. The monoisotopic (exact) mass is 648 g/mol. The van der Waals surface area contributed by atoms with E-state index in [2.05, 4.69) is 0 Å². The highest BCUT2D eigenvalue weighted by Gasteiger charge is 2.26. The summed E-state index contributed by atoms with van der Waals surface area (Å²) >= 11 is 0. The van der Waals surface area contributed by atoms with Crippen molar-refractivity contribution in [1.82, 2.24) is 0 Å². The van der Waals surface area contributed by atoms with Gasteiger partial charge in [0.15, 0.2) is 0 Å². The van der Waals surface area contributed by atoms with Crippen molar-refractivity contribution in [3.05, 3.63) is 131 Å². The summed E-state index contributed by atoms with van der Waals surface area (Å²) in [6.45, 7) is 0. The van der Waals surface area contributed by atoms with Crippen LogP contribution >= 0.6 is 0 Å². The van der Waals surface area contributed by atoms with Crippen molar-refractivity contribution >= 4 is 23.9 Å². The summed E-state index contributed by atoms with van der Waals surface area (Å²) in [5, 5.41) is 0. The summed E-state index contributed by atoms with van der Waals surface area (Å²) in [5.74, 6) is -1.21. The van der Waals surface area contributed by atoms with Crippen LogP contribution in [0.4, 0.5) is 0 Å².